The lowest BCUT2D eigenvalue weighted by atomic mass is 10.0. The molecule has 1 unspecified atom stereocenters. The number of phenolic OH excluding ortho intramolecular Hbond substituents is 2. The molecule has 0 radical (unpaired) electrons. The Morgan fingerprint density at radius 3 is 2.00 bits per heavy atom. The number of phenols is 2. The van der Waals surface area contributed by atoms with Crippen molar-refractivity contribution in [3.05, 3.63) is 23.8 Å². The van der Waals surface area contributed by atoms with E-state index in [0.717, 1.165) is 39.1 Å². The monoisotopic (exact) mass is 294 g/mol. The summed E-state index contributed by atoms with van der Waals surface area (Å²) in [5.41, 5.74) is 0.627. The average molecular weight is 294 g/mol. The van der Waals surface area contributed by atoms with Crippen LogP contribution in [0, 0.1) is 0 Å². The van der Waals surface area contributed by atoms with Crippen LogP contribution in [0.1, 0.15) is 45.7 Å². The molecule has 0 bridgehead atoms. The van der Waals surface area contributed by atoms with E-state index in [2.05, 4.69) is 30.6 Å². The second-order valence-electron chi connectivity index (χ2n) is 5.39. The predicted molar refractivity (Wildman–Crippen MR) is 87.8 cm³/mol. The minimum Gasteiger partial charge on any atom is -0.507 e. The van der Waals surface area contributed by atoms with Crippen LogP contribution >= 0.6 is 0 Å². The SMILES string of the molecule is CCN(CC)CCCN(CC)C(C)c1c(O)cccc1O. The van der Waals surface area contributed by atoms with Gasteiger partial charge in [0.15, 0.2) is 0 Å². The van der Waals surface area contributed by atoms with Crippen LogP contribution in [0.3, 0.4) is 0 Å². The van der Waals surface area contributed by atoms with Gasteiger partial charge in [-0.15, -0.1) is 0 Å². The summed E-state index contributed by atoms with van der Waals surface area (Å²) < 4.78 is 0. The zero-order valence-corrected chi connectivity index (χ0v) is 13.8. The Morgan fingerprint density at radius 2 is 1.52 bits per heavy atom. The average Bonchev–Trinajstić information content (AvgIpc) is 2.47. The first-order valence-electron chi connectivity index (χ1n) is 8.02. The smallest absolute Gasteiger partial charge is 0.124 e. The van der Waals surface area contributed by atoms with Gasteiger partial charge in [-0.05, 0) is 58.2 Å². The predicted octanol–water partition coefficient (Wildman–Crippen LogP) is 3.21. The quantitative estimate of drug-likeness (QED) is 0.734. The Morgan fingerprint density at radius 1 is 0.952 bits per heavy atom. The van der Waals surface area contributed by atoms with Crippen LogP contribution < -0.4 is 0 Å². The van der Waals surface area contributed by atoms with Crippen LogP contribution in [-0.4, -0.2) is 52.7 Å². The third kappa shape index (κ3) is 4.90. The van der Waals surface area contributed by atoms with E-state index in [1.54, 1.807) is 18.2 Å². The molecule has 0 aliphatic rings. The summed E-state index contributed by atoms with van der Waals surface area (Å²) >= 11 is 0. The molecule has 0 saturated heterocycles. The van der Waals surface area contributed by atoms with Gasteiger partial charge in [-0.3, -0.25) is 4.90 Å². The molecule has 4 nitrogen and oxygen atoms in total. The highest BCUT2D eigenvalue weighted by atomic mass is 16.3. The lowest BCUT2D eigenvalue weighted by molar-refractivity contribution is 0.195. The Hall–Kier alpha value is -1.26. The Balaban J connectivity index is 2.67. The van der Waals surface area contributed by atoms with Gasteiger partial charge in [0.05, 0.1) is 5.56 Å². The Bertz CT molecular complexity index is 399. The fourth-order valence-electron chi connectivity index (χ4n) is 2.81. The van der Waals surface area contributed by atoms with Crippen LogP contribution in [0.15, 0.2) is 18.2 Å². The van der Waals surface area contributed by atoms with E-state index in [1.165, 1.54) is 0 Å². The largest absolute Gasteiger partial charge is 0.507 e. The first-order chi connectivity index (χ1) is 10.0. The third-order valence-electron chi connectivity index (χ3n) is 4.25. The molecule has 0 aliphatic heterocycles. The minimum absolute atomic E-state index is 0.00732. The molecular weight excluding hydrogens is 264 g/mol. The van der Waals surface area contributed by atoms with Crippen molar-refractivity contribution in [3.63, 3.8) is 0 Å². The summed E-state index contributed by atoms with van der Waals surface area (Å²) in [6, 6.07) is 4.94. The van der Waals surface area contributed by atoms with E-state index < -0.39 is 0 Å². The number of hydrogen-bond donors (Lipinski definition) is 2. The summed E-state index contributed by atoms with van der Waals surface area (Å²) in [4.78, 5) is 4.70. The normalized spacial score (nSPS) is 13.0. The van der Waals surface area contributed by atoms with Crippen LogP contribution in [0.25, 0.3) is 0 Å². The van der Waals surface area contributed by atoms with E-state index in [-0.39, 0.29) is 17.5 Å². The third-order valence-corrected chi connectivity index (χ3v) is 4.25. The lowest BCUT2D eigenvalue weighted by Gasteiger charge is -2.30. The maximum atomic E-state index is 10.0. The van der Waals surface area contributed by atoms with Crippen molar-refractivity contribution in [1.82, 2.24) is 9.80 Å². The van der Waals surface area contributed by atoms with Gasteiger partial charge >= 0.3 is 0 Å². The number of benzene rings is 1. The molecule has 4 heteroatoms. The second-order valence-corrected chi connectivity index (χ2v) is 5.39. The van der Waals surface area contributed by atoms with Crippen LogP contribution in [-0.2, 0) is 0 Å². The summed E-state index contributed by atoms with van der Waals surface area (Å²) in [7, 11) is 0. The highest BCUT2D eigenvalue weighted by Crippen LogP contribution is 2.35. The molecule has 0 heterocycles. The van der Waals surface area contributed by atoms with Crippen molar-refractivity contribution in [2.45, 2.75) is 40.2 Å². The summed E-state index contributed by atoms with van der Waals surface area (Å²) in [5.74, 6) is 0.342. The lowest BCUT2D eigenvalue weighted by Crippen LogP contribution is -2.31. The summed E-state index contributed by atoms with van der Waals surface area (Å²) in [6.07, 6.45) is 1.09. The van der Waals surface area contributed by atoms with Gasteiger partial charge in [0.2, 0.25) is 0 Å². The van der Waals surface area contributed by atoms with Crippen molar-refractivity contribution < 1.29 is 10.2 Å². The molecule has 1 rings (SSSR count). The molecule has 0 saturated carbocycles. The van der Waals surface area contributed by atoms with Crippen molar-refractivity contribution in [3.8, 4) is 11.5 Å². The zero-order valence-electron chi connectivity index (χ0n) is 13.8. The van der Waals surface area contributed by atoms with Gasteiger partial charge in [-0.2, -0.15) is 0 Å². The molecule has 0 spiro atoms. The van der Waals surface area contributed by atoms with Gasteiger partial charge in [-0.25, -0.2) is 0 Å². The highest BCUT2D eigenvalue weighted by molar-refractivity contribution is 5.44. The number of rotatable bonds is 9. The molecule has 1 aromatic rings. The highest BCUT2D eigenvalue weighted by Gasteiger charge is 2.20. The molecule has 0 fully saturated rings. The first-order valence-corrected chi connectivity index (χ1v) is 8.02. The molecule has 2 N–H and O–H groups in total. The molecule has 1 aromatic carbocycles. The maximum Gasteiger partial charge on any atom is 0.124 e. The van der Waals surface area contributed by atoms with Gasteiger partial charge < -0.3 is 15.1 Å². The first kappa shape index (κ1) is 17.8. The molecule has 0 aliphatic carbocycles. The van der Waals surface area contributed by atoms with Crippen molar-refractivity contribution in [2.75, 3.05) is 32.7 Å². The number of aromatic hydroxyl groups is 2. The topological polar surface area (TPSA) is 46.9 Å². The number of nitrogens with zero attached hydrogens (tertiary/aromatic N) is 2. The van der Waals surface area contributed by atoms with Crippen LogP contribution in [0.4, 0.5) is 0 Å². The van der Waals surface area contributed by atoms with Crippen LogP contribution in [0.5, 0.6) is 11.5 Å². The van der Waals surface area contributed by atoms with Gasteiger partial charge in [0.25, 0.3) is 0 Å². The molecular formula is C17H30N2O2. The van der Waals surface area contributed by atoms with Gasteiger partial charge in [-0.1, -0.05) is 26.8 Å². The van der Waals surface area contributed by atoms with E-state index >= 15 is 0 Å². The Labute approximate surface area is 129 Å². The Kier molecular flexibility index (Phi) is 7.54. The van der Waals surface area contributed by atoms with Crippen molar-refractivity contribution in [2.24, 2.45) is 0 Å². The molecule has 120 valence electrons. The van der Waals surface area contributed by atoms with E-state index in [4.69, 9.17) is 0 Å². The molecule has 0 aromatic heterocycles. The molecule has 0 amide bonds. The van der Waals surface area contributed by atoms with E-state index in [1.807, 2.05) is 6.92 Å². The van der Waals surface area contributed by atoms with Crippen molar-refractivity contribution in [1.29, 1.82) is 0 Å². The van der Waals surface area contributed by atoms with E-state index in [9.17, 15) is 10.2 Å². The van der Waals surface area contributed by atoms with Crippen molar-refractivity contribution >= 4 is 0 Å². The van der Waals surface area contributed by atoms with Crippen LogP contribution in [0.2, 0.25) is 0 Å². The minimum atomic E-state index is 0.00732. The standard InChI is InChI=1S/C17H30N2O2/c1-5-18(6-2)12-9-13-19(7-3)14(4)17-15(20)10-8-11-16(17)21/h8,10-11,14,20-21H,5-7,9,12-13H2,1-4H3. The van der Waals surface area contributed by atoms with Gasteiger partial charge in [0, 0.05) is 6.04 Å². The zero-order chi connectivity index (χ0) is 15.8. The number of hydrogen-bond acceptors (Lipinski definition) is 4. The fraction of sp³-hybridized carbons (Fsp3) is 0.647. The summed E-state index contributed by atoms with van der Waals surface area (Å²) in [5, 5.41) is 20.0. The second kappa shape index (κ2) is 8.90. The molecule has 21 heavy (non-hydrogen) atoms. The van der Waals surface area contributed by atoms with E-state index in [0.29, 0.717) is 5.56 Å². The van der Waals surface area contributed by atoms with Gasteiger partial charge in [0.1, 0.15) is 11.5 Å². The fourth-order valence-corrected chi connectivity index (χ4v) is 2.81. The molecule has 1 atom stereocenters. The maximum absolute atomic E-state index is 10.0. The summed E-state index contributed by atoms with van der Waals surface area (Å²) in [6.45, 7) is 13.6.